The fraction of sp³-hybridized carbons (Fsp3) is 0.174. The van der Waals surface area contributed by atoms with Crippen molar-refractivity contribution in [3.8, 4) is 0 Å². The van der Waals surface area contributed by atoms with Crippen LogP contribution in [0.2, 0.25) is 0 Å². The van der Waals surface area contributed by atoms with Crippen molar-refractivity contribution in [3.63, 3.8) is 0 Å². The third-order valence-corrected chi connectivity index (χ3v) is 5.90. The minimum atomic E-state index is -0.252. The summed E-state index contributed by atoms with van der Waals surface area (Å²) in [7, 11) is 0. The Bertz CT molecular complexity index is 1220. The third-order valence-electron chi connectivity index (χ3n) is 4.88. The number of carbonyl (C=O) groups excluding carboxylic acids is 1. The van der Waals surface area contributed by atoms with Crippen molar-refractivity contribution < 1.29 is 9.18 Å². The number of hydrogen-bond donors (Lipinski definition) is 1. The van der Waals surface area contributed by atoms with Crippen molar-refractivity contribution >= 4 is 34.5 Å². The zero-order valence-electron chi connectivity index (χ0n) is 16.7. The Labute approximate surface area is 178 Å². The molecule has 0 spiro atoms. The smallest absolute Gasteiger partial charge is 0.244 e. The molecule has 0 fully saturated rings. The number of anilines is 1. The molecule has 2 aromatic heterocycles. The van der Waals surface area contributed by atoms with Crippen LogP contribution in [0.15, 0.2) is 66.0 Å². The van der Waals surface area contributed by atoms with E-state index < -0.39 is 0 Å². The van der Waals surface area contributed by atoms with E-state index in [4.69, 9.17) is 0 Å². The van der Waals surface area contributed by atoms with Gasteiger partial charge in [-0.1, -0.05) is 36.0 Å². The highest BCUT2D eigenvalue weighted by molar-refractivity contribution is 7.98. The molecule has 5 nitrogen and oxygen atoms in total. The first kappa shape index (κ1) is 20.1. The summed E-state index contributed by atoms with van der Waals surface area (Å²) in [4.78, 5) is 21.7. The molecule has 4 aromatic rings. The maximum absolute atomic E-state index is 14.0. The summed E-state index contributed by atoms with van der Waals surface area (Å²) in [5.74, 6) is -0.0105. The summed E-state index contributed by atoms with van der Waals surface area (Å²) in [6.45, 7) is 4.11. The molecule has 0 aliphatic rings. The number of thioether (sulfide) groups is 1. The van der Waals surface area contributed by atoms with E-state index in [-0.39, 0.29) is 18.3 Å². The van der Waals surface area contributed by atoms with Gasteiger partial charge in [-0.05, 0) is 60.9 Å². The number of nitrogens with zero attached hydrogens (tertiary/aromatic N) is 3. The summed E-state index contributed by atoms with van der Waals surface area (Å²) in [6.07, 6.45) is 1.67. The molecule has 0 radical (unpaired) electrons. The lowest BCUT2D eigenvalue weighted by Crippen LogP contribution is -2.19. The van der Waals surface area contributed by atoms with Crippen LogP contribution >= 0.6 is 11.8 Å². The number of imidazole rings is 1. The van der Waals surface area contributed by atoms with Gasteiger partial charge in [0.25, 0.3) is 0 Å². The Morgan fingerprint density at radius 1 is 1.10 bits per heavy atom. The van der Waals surface area contributed by atoms with Gasteiger partial charge in [-0.3, -0.25) is 9.36 Å². The zero-order valence-corrected chi connectivity index (χ0v) is 17.5. The first-order chi connectivity index (χ1) is 14.5. The van der Waals surface area contributed by atoms with Gasteiger partial charge in [-0.15, -0.1) is 0 Å². The van der Waals surface area contributed by atoms with Gasteiger partial charge in [0, 0.05) is 17.6 Å². The van der Waals surface area contributed by atoms with Crippen LogP contribution < -0.4 is 5.32 Å². The first-order valence-corrected chi connectivity index (χ1v) is 10.5. The zero-order chi connectivity index (χ0) is 21.1. The van der Waals surface area contributed by atoms with Crippen LogP contribution in [-0.2, 0) is 17.1 Å². The highest BCUT2D eigenvalue weighted by Gasteiger charge is 2.16. The number of rotatable bonds is 6. The number of aromatic nitrogens is 3. The monoisotopic (exact) mass is 420 g/mol. The van der Waals surface area contributed by atoms with Gasteiger partial charge in [-0.2, -0.15) is 0 Å². The molecule has 30 heavy (non-hydrogen) atoms. The Kier molecular flexibility index (Phi) is 5.81. The van der Waals surface area contributed by atoms with Crippen LogP contribution in [0.5, 0.6) is 0 Å². The summed E-state index contributed by atoms with van der Waals surface area (Å²) in [5, 5.41) is 3.57. The van der Waals surface area contributed by atoms with E-state index in [1.165, 1.54) is 23.4 Å². The number of amides is 1. The molecule has 0 aliphatic heterocycles. The molecule has 0 bridgehead atoms. The van der Waals surface area contributed by atoms with Crippen molar-refractivity contribution in [2.75, 3.05) is 5.32 Å². The van der Waals surface area contributed by atoms with E-state index in [0.717, 1.165) is 11.3 Å². The molecule has 4 rings (SSSR count). The number of hydrogen-bond acceptors (Lipinski definition) is 4. The predicted octanol–water partition coefficient (Wildman–Crippen LogP) is 5.12. The first-order valence-electron chi connectivity index (χ1n) is 9.56. The molecular formula is C23H21FN4OS. The Morgan fingerprint density at radius 2 is 1.93 bits per heavy atom. The van der Waals surface area contributed by atoms with Crippen molar-refractivity contribution in [1.29, 1.82) is 0 Å². The standard InChI is InChI=1S/C23H21FN4OS/c1-15-9-10-18(12-16(15)2)26-21(29)13-28-22-20(8-5-11-25-22)27-23(28)30-14-17-6-3-4-7-19(17)24/h3-12H,13-14H2,1-2H3,(H,26,29). The lowest BCUT2D eigenvalue weighted by molar-refractivity contribution is -0.116. The minimum absolute atomic E-state index is 0.0695. The van der Waals surface area contributed by atoms with Gasteiger partial charge in [0.05, 0.1) is 0 Å². The van der Waals surface area contributed by atoms with Crippen LogP contribution in [0.4, 0.5) is 10.1 Å². The summed E-state index contributed by atoms with van der Waals surface area (Å²) in [6, 6.07) is 16.1. The van der Waals surface area contributed by atoms with Gasteiger partial charge in [0.1, 0.15) is 17.9 Å². The number of nitrogens with one attached hydrogen (secondary N) is 1. The van der Waals surface area contributed by atoms with E-state index in [1.54, 1.807) is 35.0 Å². The number of fused-ring (bicyclic) bond motifs is 1. The van der Waals surface area contributed by atoms with Gasteiger partial charge in [-0.25, -0.2) is 14.4 Å². The maximum atomic E-state index is 14.0. The topological polar surface area (TPSA) is 59.8 Å². The fourth-order valence-electron chi connectivity index (χ4n) is 3.11. The third kappa shape index (κ3) is 4.36. The fourth-order valence-corrected chi connectivity index (χ4v) is 4.10. The van der Waals surface area contributed by atoms with Crippen LogP contribution in [-0.4, -0.2) is 20.4 Å². The second-order valence-electron chi connectivity index (χ2n) is 7.05. The van der Waals surface area contributed by atoms with E-state index in [2.05, 4.69) is 15.3 Å². The van der Waals surface area contributed by atoms with E-state index >= 15 is 0 Å². The largest absolute Gasteiger partial charge is 0.325 e. The van der Waals surface area contributed by atoms with Crippen LogP contribution in [0, 0.1) is 19.7 Å². The minimum Gasteiger partial charge on any atom is -0.325 e. The number of carbonyl (C=O) groups is 1. The molecule has 1 amide bonds. The maximum Gasteiger partial charge on any atom is 0.244 e. The molecule has 152 valence electrons. The molecule has 1 N–H and O–H groups in total. The molecule has 2 aromatic carbocycles. The molecular weight excluding hydrogens is 399 g/mol. The number of pyridine rings is 1. The van der Waals surface area contributed by atoms with Crippen molar-refractivity contribution in [2.24, 2.45) is 0 Å². The van der Waals surface area contributed by atoms with Gasteiger partial charge in [0.15, 0.2) is 10.8 Å². The molecule has 7 heteroatoms. The molecule has 2 heterocycles. The van der Waals surface area contributed by atoms with Gasteiger partial charge >= 0.3 is 0 Å². The second kappa shape index (κ2) is 8.67. The van der Waals surface area contributed by atoms with E-state index in [9.17, 15) is 9.18 Å². The average molecular weight is 421 g/mol. The molecule has 0 unspecified atom stereocenters. The molecule has 0 saturated carbocycles. The lowest BCUT2D eigenvalue weighted by Gasteiger charge is -2.11. The Balaban J connectivity index is 1.57. The van der Waals surface area contributed by atoms with Gasteiger partial charge in [0.2, 0.25) is 5.91 Å². The highest BCUT2D eigenvalue weighted by atomic mass is 32.2. The molecule has 0 saturated heterocycles. The molecule has 0 atom stereocenters. The van der Waals surface area contributed by atoms with E-state index in [0.29, 0.717) is 27.6 Å². The predicted molar refractivity (Wildman–Crippen MR) is 118 cm³/mol. The highest BCUT2D eigenvalue weighted by Crippen LogP contribution is 2.27. The number of benzene rings is 2. The van der Waals surface area contributed by atoms with E-state index in [1.807, 2.05) is 38.1 Å². The average Bonchev–Trinajstić information content (AvgIpc) is 3.07. The Morgan fingerprint density at radius 3 is 2.73 bits per heavy atom. The van der Waals surface area contributed by atoms with Crippen LogP contribution in [0.25, 0.3) is 11.2 Å². The lowest BCUT2D eigenvalue weighted by atomic mass is 10.1. The Hall–Kier alpha value is -3.19. The van der Waals surface area contributed by atoms with Crippen LogP contribution in [0.3, 0.4) is 0 Å². The summed E-state index contributed by atoms with van der Waals surface area (Å²) < 4.78 is 15.8. The van der Waals surface area contributed by atoms with Crippen molar-refractivity contribution in [2.45, 2.75) is 31.3 Å². The SMILES string of the molecule is Cc1ccc(NC(=O)Cn2c(SCc3ccccc3F)nc3cccnc32)cc1C. The number of halogens is 1. The molecule has 0 aliphatic carbocycles. The summed E-state index contributed by atoms with van der Waals surface area (Å²) >= 11 is 1.38. The number of aryl methyl sites for hydroxylation is 2. The quantitative estimate of drug-likeness (QED) is 0.440. The van der Waals surface area contributed by atoms with Crippen molar-refractivity contribution in [3.05, 3.63) is 83.3 Å². The second-order valence-corrected chi connectivity index (χ2v) is 8.00. The normalized spacial score (nSPS) is 11.0. The van der Waals surface area contributed by atoms with Crippen LogP contribution in [0.1, 0.15) is 16.7 Å². The van der Waals surface area contributed by atoms with Gasteiger partial charge < -0.3 is 5.32 Å². The summed E-state index contributed by atoms with van der Waals surface area (Å²) in [5.41, 5.74) is 4.96. The van der Waals surface area contributed by atoms with Crippen molar-refractivity contribution in [1.82, 2.24) is 14.5 Å².